The molecule has 1 aliphatic carbocycles. The SMILES string of the molecule is COc1ccc(CN(c2nc(C)cs2)S(=O)(=O)c2cc(Cl)c(N[C@H]3CCCC[C@@H]3N)cc2F)c(OC)c1. The second kappa shape index (κ2) is 11.4. The van der Waals surface area contributed by atoms with Crippen LogP contribution in [0.3, 0.4) is 0 Å². The molecule has 8 nitrogen and oxygen atoms in total. The van der Waals surface area contributed by atoms with Crippen molar-refractivity contribution in [2.75, 3.05) is 23.8 Å². The third-order valence-corrected chi connectivity index (χ3v) is 9.54. The first-order valence-electron chi connectivity index (χ1n) is 11.8. The van der Waals surface area contributed by atoms with Crippen molar-refractivity contribution in [1.82, 2.24) is 4.98 Å². The second-order valence-corrected chi connectivity index (χ2v) is 12.0. The van der Waals surface area contributed by atoms with Gasteiger partial charge in [0.15, 0.2) is 5.13 Å². The molecule has 1 aromatic heterocycles. The van der Waals surface area contributed by atoms with E-state index in [4.69, 9.17) is 26.8 Å². The minimum atomic E-state index is -4.41. The molecule has 0 aliphatic heterocycles. The van der Waals surface area contributed by atoms with Gasteiger partial charge in [-0.05, 0) is 44.0 Å². The lowest BCUT2D eigenvalue weighted by atomic mass is 9.91. The fourth-order valence-electron chi connectivity index (χ4n) is 4.34. The number of thiazole rings is 1. The second-order valence-electron chi connectivity index (χ2n) is 8.92. The molecule has 1 saturated carbocycles. The number of anilines is 2. The molecule has 3 N–H and O–H groups in total. The predicted octanol–water partition coefficient (Wildman–Crippen LogP) is 5.34. The fraction of sp³-hybridized carbons (Fsp3) is 0.400. The van der Waals surface area contributed by atoms with Crippen LogP contribution in [0.2, 0.25) is 5.02 Å². The molecule has 0 radical (unpaired) electrons. The van der Waals surface area contributed by atoms with Crippen molar-refractivity contribution in [3.05, 3.63) is 57.8 Å². The monoisotopic (exact) mass is 568 g/mol. The Bertz CT molecular complexity index is 1370. The highest BCUT2D eigenvalue weighted by molar-refractivity contribution is 7.93. The van der Waals surface area contributed by atoms with Gasteiger partial charge in [0, 0.05) is 29.1 Å². The summed E-state index contributed by atoms with van der Waals surface area (Å²) in [6.45, 7) is 1.61. The van der Waals surface area contributed by atoms with Crippen LogP contribution >= 0.6 is 22.9 Å². The van der Waals surface area contributed by atoms with Crippen molar-refractivity contribution in [3.63, 3.8) is 0 Å². The van der Waals surface area contributed by atoms with Crippen molar-refractivity contribution in [2.45, 2.75) is 56.1 Å². The summed E-state index contributed by atoms with van der Waals surface area (Å²) in [5, 5.41) is 5.22. The van der Waals surface area contributed by atoms with E-state index in [1.54, 1.807) is 30.5 Å². The Labute approximate surface area is 225 Å². The number of aryl methyl sites for hydroxylation is 1. The van der Waals surface area contributed by atoms with E-state index in [1.165, 1.54) is 14.2 Å². The first-order valence-corrected chi connectivity index (χ1v) is 14.5. The number of ether oxygens (including phenoxy) is 2. The van der Waals surface area contributed by atoms with E-state index in [-0.39, 0.29) is 28.8 Å². The molecule has 0 spiro atoms. The Balaban J connectivity index is 1.72. The highest BCUT2D eigenvalue weighted by atomic mass is 35.5. The average molecular weight is 569 g/mol. The van der Waals surface area contributed by atoms with Gasteiger partial charge in [0.2, 0.25) is 0 Å². The van der Waals surface area contributed by atoms with Gasteiger partial charge < -0.3 is 20.5 Å². The number of nitrogens with one attached hydrogen (secondary N) is 1. The summed E-state index contributed by atoms with van der Waals surface area (Å²) < 4.78 is 55.0. The van der Waals surface area contributed by atoms with E-state index in [0.29, 0.717) is 28.4 Å². The number of methoxy groups -OCH3 is 2. The number of nitrogens with zero attached hydrogens (tertiary/aromatic N) is 2. The maximum absolute atomic E-state index is 15.4. The topological polar surface area (TPSA) is 107 Å². The number of nitrogens with two attached hydrogens (primary N) is 1. The molecule has 2 atom stereocenters. The van der Waals surface area contributed by atoms with Gasteiger partial charge in [-0.25, -0.2) is 22.1 Å². The lowest BCUT2D eigenvalue weighted by molar-refractivity contribution is 0.391. The van der Waals surface area contributed by atoms with E-state index in [0.717, 1.165) is 53.5 Å². The highest BCUT2D eigenvalue weighted by Gasteiger charge is 2.32. The van der Waals surface area contributed by atoms with E-state index >= 15 is 4.39 Å². The largest absolute Gasteiger partial charge is 0.497 e. The zero-order valence-electron chi connectivity index (χ0n) is 20.8. The molecule has 4 rings (SSSR count). The van der Waals surface area contributed by atoms with Crippen molar-refractivity contribution in [1.29, 1.82) is 0 Å². The summed E-state index contributed by atoms with van der Waals surface area (Å²) in [5.74, 6) is 0.0599. The van der Waals surface area contributed by atoms with Crippen molar-refractivity contribution >= 4 is 43.8 Å². The third kappa shape index (κ3) is 5.95. The number of rotatable bonds is 9. The Hall–Kier alpha value is -2.60. The minimum Gasteiger partial charge on any atom is -0.497 e. The van der Waals surface area contributed by atoms with Crippen molar-refractivity contribution < 1.29 is 22.3 Å². The minimum absolute atomic E-state index is 0.0644. The molecule has 1 fully saturated rings. The first-order chi connectivity index (χ1) is 17.6. The molecule has 2 aromatic carbocycles. The fourth-order valence-corrected chi connectivity index (χ4v) is 7.12. The molecule has 0 bridgehead atoms. The normalized spacial score (nSPS) is 17.9. The molecule has 37 heavy (non-hydrogen) atoms. The summed E-state index contributed by atoms with van der Waals surface area (Å²) in [4.78, 5) is 3.82. The van der Waals surface area contributed by atoms with Gasteiger partial charge in [-0.15, -0.1) is 11.3 Å². The third-order valence-electron chi connectivity index (χ3n) is 6.38. The van der Waals surface area contributed by atoms with Gasteiger partial charge in [0.05, 0.1) is 37.2 Å². The molecular formula is C25H30ClFN4O4S2. The number of halogens is 2. The van der Waals surface area contributed by atoms with Crippen LogP contribution in [0.1, 0.15) is 36.9 Å². The van der Waals surface area contributed by atoms with Crippen LogP contribution in [-0.4, -0.2) is 39.7 Å². The zero-order chi connectivity index (χ0) is 26.7. The molecule has 1 heterocycles. The van der Waals surface area contributed by atoms with Crippen LogP contribution in [0.15, 0.2) is 40.6 Å². The van der Waals surface area contributed by atoms with Crippen LogP contribution in [0, 0.1) is 12.7 Å². The van der Waals surface area contributed by atoms with Gasteiger partial charge in [0.25, 0.3) is 10.0 Å². The number of hydrogen-bond acceptors (Lipinski definition) is 8. The standard InChI is InChI=1S/C25H30ClFN4O4S2/c1-15-14-36-25(29-15)31(13-16-8-9-17(34-2)10-23(16)35-3)37(32,33)24-11-18(26)22(12-19(24)27)30-21-7-5-4-6-20(21)28/h8-12,14,20-21,30H,4-7,13,28H2,1-3H3/t20-,21-/m0/s1. The summed E-state index contributed by atoms with van der Waals surface area (Å²) in [7, 11) is -1.41. The molecule has 12 heteroatoms. The van der Waals surface area contributed by atoms with E-state index in [1.807, 2.05) is 0 Å². The van der Waals surface area contributed by atoms with E-state index in [9.17, 15) is 8.42 Å². The first kappa shape index (κ1) is 27.4. The van der Waals surface area contributed by atoms with Gasteiger partial charge >= 0.3 is 0 Å². The highest BCUT2D eigenvalue weighted by Crippen LogP contribution is 2.36. The van der Waals surface area contributed by atoms with Crippen LogP contribution in [0.4, 0.5) is 15.2 Å². The molecule has 200 valence electrons. The summed E-state index contributed by atoms with van der Waals surface area (Å²) in [6, 6.07) is 7.16. The molecular weight excluding hydrogens is 539 g/mol. The number of sulfonamides is 1. The predicted molar refractivity (Wildman–Crippen MR) is 145 cm³/mol. The summed E-state index contributed by atoms with van der Waals surface area (Å²) in [6.07, 6.45) is 3.75. The van der Waals surface area contributed by atoms with Gasteiger partial charge in [-0.2, -0.15) is 0 Å². The van der Waals surface area contributed by atoms with Crippen LogP contribution in [-0.2, 0) is 16.6 Å². The van der Waals surface area contributed by atoms with Crippen LogP contribution in [0.5, 0.6) is 11.5 Å². The van der Waals surface area contributed by atoms with Crippen LogP contribution in [0.25, 0.3) is 0 Å². The Morgan fingerprint density at radius 1 is 1.22 bits per heavy atom. The van der Waals surface area contributed by atoms with Gasteiger partial charge in [0.1, 0.15) is 22.2 Å². The van der Waals surface area contributed by atoms with Crippen molar-refractivity contribution in [3.8, 4) is 11.5 Å². The van der Waals surface area contributed by atoms with Gasteiger partial charge in [-0.1, -0.05) is 24.4 Å². The Morgan fingerprint density at radius 3 is 2.62 bits per heavy atom. The molecule has 3 aromatic rings. The summed E-state index contributed by atoms with van der Waals surface area (Å²) >= 11 is 7.62. The van der Waals surface area contributed by atoms with E-state index in [2.05, 4.69) is 10.3 Å². The summed E-state index contributed by atoms with van der Waals surface area (Å²) in [5.41, 5.74) is 7.72. The van der Waals surface area contributed by atoms with Crippen molar-refractivity contribution in [2.24, 2.45) is 5.73 Å². The lowest BCUT2D eigenvalue weighted by Gasteiger charge is -2.30. The maximum atomic E-state index is 15.4. The number of hydrogen-bond donors (Lipinski definition) is 2. The maximum Gasteiger partial charge on any atom is 0.269 e. The van der Waals surface area contributed by atoms with Gasteiger partial charge in [-0.3, -0.25) is 0 Å². The quantitative estimate of drug-likeness (QED) is 0.359. The lowest BCUT2D eigenvalue weighted by Crippen LogP contribution is -2.42. The zero-order valence-corrected chi connectivity index (χ0v) is 23.2. The van der Waals surface area contributed by atoms with E-state index < -0.39 is 20.7 Å². The number of aromatic nitrogens is 1. The molecule has 0 amide bonds. The van der Waals surface area contributed by atoms with Crippen LogP contribution < -0.4 is 24.8 Å². The molecule has 1 aliphatic rings. The number of benzene rings is 2. The Morgan fingerprint density at radius 2 is 1.97 bits per heavy atom. The Kier molecular flexibility index (Phi) is 8.47. The average Bonchev–Trinajstić information content (AvgIpc) is 3.31. The smallest absolute Gasteiger partial charge is 0.269 e. The molecule has 0 saturated heterocycles. The molecule has 0 unspecified atom stereocenters.